The number of carbonyl (C=O) groups is 1. The Morgan fingerprint density at radius 2 is 1.79 bits per heavy atom. The summed E-state index contributed by atoms with van der Waals surface area (Å²) in [5, 5.41) is 0.591. The largest absolute Gasteiger partial charge is 0.494 e. The molecule has 1 aliphatic heterocycles. The van der Waals surface area contributed by atoms with E-state index in [0.717, 1.165) is 41.3 Å². The maximum Gasteiger partial charge on any atom is 0.227 e. The van der Waals surface area contributed by atoms with Crippen LogP contribution in [-0.4, -0.2) is 28.6 Å². The van der Waals surface area contributed by atoms with Crippen LogP contribution in [0.15, 0.2) is 72.8 Å². The number of fused-ring (bicyclic) bond motifs is 1. The minimum absolute atomic E-state index is 0.0131. The van der Waals surface area contributed by atoms with E-state index in [9.17, 15) is 4.79 Å². The summed E-state index contributed by atoms with van der Waals surface area (Å²) < 4.78 is 8.18. The predicted molar refractivity (Wildman–Crippen MR) is 132 cm³/mol. The number of hydrogen-bond acceptors (Lipinski definition) is 3. The molecular formula is C27H26ClN3O2. The SMILES string of the molecule is Cc1ccc(OCCCn2c([C@@H]3CC(=O)N(c4ccccc4Cl)C3)nc3ccccc32)cc1. The highest BCUT2D eigenvalue weighted by Crippen LogP contribution is 2.36. The van der Waals surface area contributed by atoms with Crippen LogP contribution < -0.4 is 9.64 Å². The van der Waals surface area contributed by atoms with Gasteiger partial charge in [0, 0.05) is 25.4 Å². The molecule has 6 heteroatoms. The number of aromatic nitrogens is 2. The van der Waals surface area contributed by atoms with E-state index in [1.165, 1.54) is 5.56 Å². The lowest BCUT2D eigenvalue weighted by atomic mass is 10.1. The maximum atomic E-state index is 12.9. The molecule has 0 saturated carbocycles. The summed E-state index contributed by atoms with van der Waals surface area (Å²) in [6.07, 6.45) is 1.27. The highest BCUT2D eigenvalue weighted by molar-refractivity contribution is 6.33. The zero-order valence-electron chi connectivity index (χ0n) is 18.6. The van der Waals surface area contributed by atoms with E-state index >= 15 is 0 Å². The van der Waals surface area contributed by atoms with E-state index in [0.29, 0.717) is 24.6 Å². The molecule has 0 N–H and O–H groups in total. The lowest BCUT2D eigenvalue weighted by Crippen LogP contribution is -2.24. The number of hydrogen-bond donors (Lipinski definition) is 0. The number of rotatable bonds is 7. The molecule has 0 spiro atoms. The third-order valence-corrected chi connectivity index (χ3v) is 6.45. The van der Waals surface area contributed by atoms with Gasteiger partial charge in [0.25, 0.3) is 0 Å². The molecule has 1 saturated heterocycles. The first-order valence-electron chi connectivity index (χ1n) is 11.3. The van der Waals surface area contributed by atoms with Gasteiger partial charge in [0.1, 0.15) is 11.6 Å². The number of halogens is 1. The first kappa shape index (κ1) is 21.5. The van der Waals surface area contributed by atoms with Gasteiger partial charge in [-0.2, -0.15) is 0 Å². The lowest BCUT2D eigenvalue weighted by molar-refractivity contribution is -0.117. The van der Waals surface area contributed by atoms with Crippen molar-refractivity contribution >= 4 is 34.2 Å². The molecule has 5 rings (SSSR count). The summed E-state index contributed by atoms with van der Waals surface area (Å²) in [7, 11) is 0. The topological polar surface area (TPSA) is 47.4 Å². The van der Waals surface area contributed by atoms with Gasteiger partial charge in [-0.05, 0) is 49.7 Å². The highest BCUT2D eigenvalue weighted by Gasteiger charge is 2.35. The Morgan fingerprint density at radius 1 is 1.03 bits per heavy atom. The molecule has 4 aromatic rings. The molecule has 0 bridgehead atoms. The molecule has 5 nitrogen and oxygen atoms in total. The summed E-state index contributed by atoms with van der Waals surface area (Å²) in [5.41, 5.74) is 4.02. The van der Waals surface area contributed by atoms with Crippen LogP contribution in [0.2, 0.25) is 5.02 Å². The number of benzene rings is 3. The molecule has 33 heavy (non-hydrogen) atoms. The number of imidazole rings is 1. The molecule has 168 valence electrons. The Balaban J connectivity index is 1.35. The van der Waals surface area contributed by atoms with Crippen LogP contribution in [0.5, 0.6) is 5.75 Å². The second kappa shape index (κ2) is 9.28. The van der Waals surface area contributed by atoms with Crippen molar-refractivity contribution in [3.8, 4) is 5.75 Å². The maximum absolute atomic E-state index is 12.9. The van der Waals surface area contributed by atoms with Crippen molar-refractivity contribution in [3.05, 3.63) is 89.2 Å². The average Bonchev–Trinajstić information content (AvgIpc) is 3.39. The van der Waals surface area contributed by atoms with E-state index in [1.807, 2.05) is 54.6 Å². The molecule has 0 radical (unpaired) electrons. The smallest absolute Gasteiger partial charge is 0.227 e. The van der Waals surface area contributed by atoms with E-state index in [1.54, 1.807) is 4.90 Å². The number of carbonyl (C=O) groups excluding carboxylic acids is 1. The molecule has 2 heterocycles. The zero-order valence-corrected chi connectivity index (χ0v) is 19.3. The van der Waals surface area contributed by atoms with Crippen molar-refractivity contribution in [3.63, 3.8) is 0 Å². The standard InChI is InChI=1S/C27H26ClN3O2/c1-19-11-13-21(14-12-19)33-16-6-15-30-25-10-5-3-8-23(25)29-27(30)20-17-26(32)31(18-20)24-9-4-2-7-22(24)28/h2-5,7-14,20H,6,15-18H2,1H3/t20-/m1/s1. The first-order valence-corrected chi connectivity index (χ1v) is 11.7. The van der Waals surface area contributed by atoms with Gasteiger partial charge in [-0.3, -0.25) is 4.79 Å². The summed E-state index contributed by atoms with van der Waals surface area (Å²) in [4.78, 5) is 19.6. The molecule has 1 fully saturated rings. The third-order valence-electron chi connectivity index (χ3n) is 6.13. The van der Waals surface area contributed by atoms with Gasteiger partial charge < -0.3 is 14.2 Å². The number of anilines is 1. The van der Waals surface area contributed by atoms with Crippen LogP contribution in [0.4, 0.5) is 5.69 Å². The molecule has 0 aliphatic carbocycles. The Kier molecular flexibility index (Phi) is 6.05. The van der Waals surface area contributed by atoms with E-state index in [4.69, 9.17) is 21.3 Å². The summed E-state index contributed by atoms with van der Waals surface area (Å²) in [6, 6.07) is 23.8. The van der Waals surface area contributed by atoms with Crippen LogP contribution in [-0.2, 0) is 11.3 Å². The molecule has 1 amide bonds. The van der Waals surface area contributed by atoms with E-state index in [2.05, 4.69) is 29.7 Å². The number of nitrogens with zero attached hydrogens (tertiary/aromatic N) is 3. The van der Waals surface area contributed by atoms with Crippen molar-refractivity contribution in [2.24, 2.45) is 0 Å². The minimum Gasteiger partial charge on any atom is -0.494 e. The van der Waals surface area contributed by atoms with Crippen LogP contribution in [0, 0.1) is 6.92 Å². The van der Waals surface area contributed by atoms with Gasteiger partial charge in [-0.1, -0.05) is 53.6 Å². The van der Waals surface area contributed by atoms with Gasteiger partial charge in [-0.25, -0.2) is 4.98 Å². The van der Waals surface area contributed by atoms with Crippen LogP contribution in [0.1, 0.15) is 30.1 Å². The molecule has 0 unspecified atom stereocenters. The van der Waals surface area contributed by atoms with Crippen molar-refractivity contribution in [2.75, 3.05) is 18.1 Å². The van der Waals surface area contributed by atoms with Crippen molar-refractivity contribution in [1.82, 2.24) is 9.55 Å². The van der Waals surface area contributed by atoms with Crippen molar-refractivity contribution in [2.45, 2.75) is 32.2 Å². The van der Waals surface area contributed by atoms with Crippen molar-refractivity contribution in [1.29, 1.82) is 0 Å². The average molecular weight is 460 g/mol. The number of para-hydroxylation sites is 3. The fourth-order valence-electron chi connectivity index (χ4n) is 4.47. The number of aryl methyl sites for hydroxylation is 2. The molecule has 3 aromatic carbocycles. The Labute approximate surface area is 198 Å². The zero-order chi connectivity index (χ0) is 22.8. The lowest BCUT2D eigenvalue weighted by Gasteiger charge is -2.18. The van der Waals surface area contributed by atoms with Gasteiger partial charge >= 0.3 is 0 Å². The van der Waals surface area contributed by atoms with Gasteiger partial charge in [0.2, 0.25) is 5.91 Å². The first-order chi connectivity index (χ1) is 16.1. The highest BCUT2D eigenvalue weighted by atomic mass is 35.5. The quantitative estimate of drug-likeness (QED) is 0.319. The van der Waals surface area contributed by atoms with Crippen LogP contribution in [0.3, 0.4) is 0 Å². The predicted octanol–water partition coefficient (Wildman–Crippen LogP) is 5.99. The fourth-order valence-corrected chi connectivity index (χ4v) is 4.71. The van der Waals surface area contributed by atoms with Crippen LogP contribution in [0.25, 0.3) is 11.0 Å². The van der Waals surface area contributed by atoms with Crippen molar-refractivity contribution < 1.29 is 9.53 Å². The molecular weight excluding hydrogens is 434 g/mol. The molecule has 1 aliphatic rings. The third kappa shape index (κ3) is 4.46. The summed E-state index contributed by atoms with van der Waals surface area (Å²) in [5.74, 6) is 1.93. The Morgan fingerprint density at radius 3 is 2.61 bits per heavy atom. The second-order valence-electron chi connectivity index (χ2n) is 8.48. The monoisotopic (exact) mass is 459 g/mol. The van der Waals surface area contributed by atoms with E-state index in [-0.39, 0.29) is 11.8 Å². The second-order valence-corrected chi connectivity index (χ2v) is 8.89. The summed E-state index contributed by atoms with van der Waals surface area (Å²) >= 11 is 6.37. The normalized spacial score (nSPS) is 16.0. The van der Waals surface area contributed by atoms with E-state index < -0.39 is 0 Å². The van der Waals surface area contributed by atoms with Crippen LogP contribution >= 0.6 is 11.6 Å². The Bertz CT molecular complexity index is 1280. The van der Waals surface area contributed by atoms with Gasteiger partial charge in [-0.15, -0.1) is 0 Å². The summed E-state index contributed by atoms with van der Waals surface area (Å²) in [6.45, 7) is 4.03. The minimum atomic E-state index is 0.0131. The molecule has 1 aromatic heterocycles. The molecule has 1 atom stereocenters. The number of amides is 1. The van der Waals surface area contributed by atoms with Gasteiger partial charge in [0.15, 0.2) is 0 Å². The fraction of sp³-hybridized carbons (Fsp3) is 0.259. The Hall–Kier alpha value is -3.31. The number of ether oxygens (including phenoxy) is 1. The van der Waals surface area contributed by atoms with Gasteiger partial charge in [0.05, 0.1) is 28.4 Å².